The van der Waals surface area contributed by atoms with Gasteiger partial charge in [-0.05, 0) is 22.9 Å². The van der Waals surface area contributed by atoms with Crippen LogP contribution in [0.15, 0.2) is 40.1 Å². The lowest BCUT2D eigenvalue weighted by Gasteiger charge is -2.23. The summed E-state index contributed by atoms with van der Waals surface area (Å²) in [7, 11) is -10.2. The third-order valence-corrected chi connectivity index (χ3v) is 5.10. The molecule has 2 aromatic rings. The molecule has 0 aromatic heterocycles. The van der Waals surface area contributed by atoms with Crippen molar-refractivity contribution in [2.75, 3.05) is 0 Å². The van der Waals surface area contributed by atoms with E-state index in [9.17, 15) is 25.9 Å². The first-order chi connectivity index (χ1) is 9.53. The van der Waals surface area contributed by atoms with Gasteiger partial charge in [0.15, 0.2) is 0 Å². The molecule has 0 amide bonds. The monoisotopic (exact) mass is 328 g/mol. The molecule has 114 valence electrons. The van der Waals surface area contributed by atoms with Gasteiger partial charge in [0.25, 0.3) is 0 Å². The van der Waals surface area contributed by atoms with Crippen molar-refractivity contribution in [1.29, 1.82) is 0 Å². The van der Waals surface area contributed by atoms with Gasteiger partial charge in [-0.15, -0.1) is 0 Å². The molecule has 2 rings (SSSR count). The second kappa shape index (κ2) is 5.06. The van der Waals surface area contributed by atoms with Gasteiger partial charge in [-0.3, -0.25) is 0 Å². The summed E-state index contributed by atoms with van der Waals surface area (Å²) >= 11 is 0. The van der Waals surface area contributed by atoms with Gasteiger partial charge in [-0.1, -0.05) is 38.1 Å². The molecule has 0 fully saturated rings. The lowest BCUT2D eigenvalue weighted by atomic mass is 9.99. The summed E-state index contributed by atoms with van der Waals surface area (Å²) in [6, 6.07) is 7.38. The highest BCUT2D eigenvalue weighted by molar-refractivity contribution is 7.89. The maximum atomic E-state index is 11.5. The van der Waals surface area contributed by atoms with E-state index in [2.05, 4.69) is 0 Å². The third-order valence-electron chi connectivity index (χ3n) is 3.11. The van der Waals surface area contributed by atoms with Crippen LogP contribution in [0.4, 0.5) is 0 Å². The summed E-state index contributed by atoms with van der Waals surface area (Å²) in [4.78, 5) is -1.90. The minimum atomic E-state index is -5.13. The Bertz CT molecular complexity index is 911. The van der Waals surface area contributed by atoms with Crippen molar-refractivity contribution >= 4 is 31.0 Å². The molecule has 0 atom stereocenters. The predicted octanol–water partition coefficient (Wildman–Crippen LogP) is 1.77. The number of hydrogen-bond donors (Lipinski definition) is 0. The van der Waals surface area contributed by atoms with Crippen LogP contribution in [0.3, 0.4) is 0 Å². The topological polar surface area (TPSA) is 114 Å². The summed E-state index contributed by atoms with van der Waals surface area (Å²) in [5.74, 6) is -0.436. The van der Waals surface area contributed by atoms with Gasteiger partial charge in [0.2, 0.25) is 0 Å². The Hall–Kier alpha value is -1.48. The van der Waals surface area contributed by atoms with E-state index in [1.165, 1.54) is 18.2 Å². The van der Waals surface area contributed by atoms with Crippen molar-refractivity contribution in [1.82, 2.24) is 0 Å². The number of rotatable bonds is 3. The molecule has 8 heteroatoms. The van der Waals surface area contributed by atoms with Crippen LogP contribution in [0.1, 0.15) is 25.3 Å². The van der Waals surface area contributed by atoms with Crippen LogP contribution in [0.25, 0.3) is 10.8 Å². The van der Waals surface area contributed by atoms with Gasteiger partial charge in [-0.25, -0.2) is 16.8 Å². The minimum Gasteiger partial charge on any atom is -0.744 e. The zero-order valence-electron chi connectivity index (χ0n) is 11.2. The predicted molar refractivity (Wildman–Crippen MR) is 74.0 cm³/mol. The fourth-order valence-electron chi connectivity index (χ4n) is 2.25. The van der Waals surface area contributed by atoms with E-state index in [-0.39, 0.29) is 10.9 Å². The Morgan fingerprint density at radius 3 is 1.90 bits per heavy atom. The van der Waals surface area contributed by atoms with E-state index in [1.54, 1.807) is 26.0 Å². The molecular weight excluding hydrogens is 316 g/mol. The summed E-state index contributed by atoms with van der Waals surface area (Å²) in [5.41, 5.74) is 0.0260. The van der Waals surface area contributed by atoms with Crippen LogP contribution < -0.4 is 0 Å². The van der Waals surface area contributed by atoms with Crippen LogP contribution in [-0.4, -0.2) is 25.9 Å². The Labute approximate surface area is 122 Å². The fourth-order valence-corrected chi connectivity index (χ4v) is 4.58. The number of hydrogen-bond acceptors (Lipinski definition) is 6. The molecule has 21 heavy (non-hydrogen) atoms. The zero-order chi connectivity index (χ0) is 16.0. The van der Waals surface area contributed by atoms with Crippen molar-refractivity contribution in [2.45, 2.75) is 29.6 Å². The van der Waals surface area contributed by atoms with Gasteiger partial charge in [0.05, 0.1) is 9.79 Å². The largest absolute Gasteiger partial charge is 0.744 e. The molecule has 0 spiro atoms. The Balaban J connectivity index is 3.20. The fraction of sp³-hybridized carbons (Fsp3) is 0.231. The lowest BCUT2D eigenvalue weighted by Crippen LogP contribution is -2.13. The first-order valence-corrected chi connectivity index (χ1v) is 8.82. The summed E-state index contributed by atoms with van der Waals surface area (Å²) in [6.45, 7) is 3.22. The molecule has 2 aromatic carbocycles. The van der Waals surface area contributed by atoms with Crippen molar-refractivity contribution in [3.63, 3.8) is 0 Å². The Morgan fingerprint density at radius 1 is 0.905 bits per heavy atom. The second-order valence-corrected chi connectivity index (χ2v) is 7.54. The van der Waals surface area contributed by atoms with E-state index in [1.807, 2.05) is 0 Å². The zero-order valence-corrected chi connectivity index (χ0v) is 12.9. The molecule has 0 bridgehead atoms. The summed E-state index contributed by atoms with van der Waals surface area (Å²) in [6.07, 6.45) is 0. The molecule has 6 nitrogen and oxygen atoms in total. The Kier molecular flexibility index (Phi) is 3.83. The molecule has 0 aliphatic carbocycles. The average Bonchev–Trinajstić information content (AvgIpc) is 2.33. The van der Waals surface area contributed by atoms with E-state index >= 15 is 0 Å². The van der Waals surface area contributed by atoms with E-state index in [0.29, 0.717) is 5.39 Å². The normalized spacial score (nSPS) is 13.0. The molecule has 0 aliphatic rings. The maximum Gasteiger partial charge on any atom is 0.126 e. The quantitative estimate of drug-likeness (QED) is 0.793. The van der Waals surface area contributed by atoms with Gasteiger partial charge in [0.1, 0.15) is 20.2 Å². The van der Waals surface area contributed by atoms with Crippen LogP contribution in [0, 0.1) is 0 Å². The lowest BCUT2D eigenvalue weighted by molar-refractivity contribution is 0.446. The summed E-state index contributed by atoms with van der Waals surface area (Å²) < 4.78 is 69.1. The molecule has 0 aliphatic heterocycles. The van der Waals surface area contributed by atoms with Gasteiger partial charge >= 0.3 is 0 Å². The first-order valence-electron chi connectivity index (χ1n) is 6.01. The standard InChI is InChI=1S/C13H14O6S2/c1-8(2)11-7-9-5-3-4-6-10(9)12(20(14,15)16)13(11)21(17,18)19/h3-8H,1-2H3,(H,14,15,16)(H,17,18,19)/p-2. The Morgan fingerprint density at radius 2 is 1.43 bits per heavy atom. The van der Waals surface area contributed by atoms with E-state index in [0.717, 1.165) is 0 Å². The van der Waals surface area contributed by atoms with Crippen LogP contribution in [-0.2, 0) is 20.2 Å². The van der Waals surface area contributed by atoms with Crippen molar-refractivity contribution in [3.8, 4) is 0 Å². The van der Waals surface area contributed by atoms with E-state index in [4.69, 9.17) is 0 Å². The van der Waals surface area contributed by atoms with Crippen LogP contribution >= 0.6 is 0 Å². The molecule has 0 saturated carbocycles. The first kappa shape index (κ1) is 15.9. The van der Waals surface area contributed by atoms with Crippen molar-refractivity contribution in [2.24, 2.45) is 0 Å². The molecule has 0 unspecified atom stereocenters. The number of fused-ring (bicyclic) bond motifs is 1. The molecule has 0 radical (unpaired) electrons. The summed E-state index contributed by atoms with van der Waals surface area (Å²) in [5, 5.41) is 0.328. The van der Waals surface area contributed by atoms with E-state index < -0.39 is 35.9 Å². The highest BCUT2D eigenvalue weighted by atomic mass is 32.2. The average molecular weight is 328 g/mol. The second-order valence-electron chi connectivity index (χ2n) is 4.91. The third kappa shape index (κ3) is 2.93. The molecule has 0 N–H and O–H groups in total. The molecule has 0 heterocycles. The van der Waals surface area contributed by atoms with Gasteiger partial charge in [-0.2, -0.15) is 0 Å². The highest BCUT2D eigenvalue weighted by Crippen LogP contribution is 2.36. The SMILES string of the molecule is CC(C)c1cc2ccccc2c(S(=O)(=O)[O-])c1S(=O)(=O)[O-]. The van der Waals surface area contributed by atoms with Gasteiger partial charge in [0, 0.05) is 5.39 Å². The molecular formula is C13H12O6S2-2. The maximum absolute atomic E-state index is 11.5. The van der Waals surface area contributed by atoms with Crippen LogP contribution in [0.2, 0.25) is 0 Å². The van der Waals surface area contributed by atoms with Crippen molar-refractivity contribution < 1.29 is 25.9 Å². The highest BCUT2D eigenvalue weighted by Gasteiger charge is 2.23. The number of benzene rings is 2. The molecule has 0 saturated heterocycles. The minimum absolute atomic E-state index is 0.0260. The smallest absolute Gasteiger partial charge is 0.126 e. The van der Waals surface area contributed by atoms with Crippen LogP contribution in [0.5, 0.6) is 0 Å². The van der Waals surface area contributed by atoms with Crippen molar-refractivity contribution in [3.05, 3.63) is 35.9 Å². The van der Waals surface area contributed by atoms with Gasteiger partial charge < -0.3 is 9.11 Å².